The molecular weight excluding hydrogens is 348 g/mol. The van der Waals surface area contributed by atoms with Crippen LogP contribution in [0.3, 0.4) is 0 Å². The van der Waals surface area contributed by atoms with Gasteiger partial charge in [0.15, 0.2) is 4.80 Å². The number of rotatable bonds is 3. The number of benzene rings is 2. The van der Waals surface area contributed by atoms with Crippen LogP contribution in [-0.2, 0) is 11.3 Å². The number of carbonyl (C=O) groups excluding carboxylic acids is 1. The zero-order chi connectivity index (χ0) is 17.3. The molecule has 3 aromatic rings. The Labute approximate surface area is 146 Å². The Hall–Kier alpha value is -2.44. The number of aryl methyl sites for hydroxylation is 1. The number of carbonyl (C=O) groups is 2. The van der Waals surface area contributed by atoms with Gasteiger partial charge in [-0.15, -0.1) is 0 Å². The summed E-state index contributed by atoms with van der Waals surface area (Å²) in [5.74, 6) is -1.43. The molecule has 0 unspecified atom stereocenters. The van der Waals surface area contributed by atoms with Crippen molar-refractivity contribution in [2.24, 2.45) is 4.99 Å². The number of hydrogen-bond donors (Lipinski definition) is 1. The maximum Gasteiger partial charge on any atom is 0.323 e. The van der Waals surface area contributed by atoms with Crippen LogP contribution in [-0.4, -0.2) is 21.6 Å². The highest BCUT2D eigenvalue weighted by Gasteiger charge is 2.13. The van der Waals surface area contributed by atoms with Crippen LogP contribution in [0.25, 0.3) is 10.2 Å². The molecule has 7 heteroatoms. The van der Waals surface area contributed by atoms with Crippen LogP contribution in [0.4, 0.5) is 0 Å². The Morgan fingerprint density at radius 1 is 1.21 bits per heavy atom. The van der Waals surface area contributed by atoms with Gasteiger partial charge in [0, 0.05) is 5.56 Å². The summed E-state index contributed by atoms with van der Waals surface area (Å²) < 4.78 is 2.19. The average Bonchev–Trinajstić information content (AvgIpc) is 2.87. The molecule has 1 heterocycles. The Morgan fingerprint density at radius 3 is 2.58 bits per heavy atom. The predicted octanol–water partition coefficient (Wildman–Crippen LogP) is 3.49. The Kier molecular flexibility index (Phi) is 4.51. The molecule has 0 radical (unpaired) electrons. The van der Waals surface area contributed by atoms with Crippen molar-refractivity contribution in [2.75, 3.05) is 0 Å². The molecule has 0 spiro atoms. The monoisotopic (exact) mass is 360 g/mol. The van der Waals surface area contributed by atoms with E-state index in [0.717, 1.165) is 5.56 Å². The standard InChI is InChI=1S/C17H13ClN2O3S/c1-10-5-7-11(8-6-10)16(23)19-17-20(9-14(21)22)13-4-2-3-12(18)15(13)24-17/h2-8H,9H2,1H3,(H,21,22). The Morgan fingerprint density at radius 2 is 1.92 bits per heavy atom. The SMILES string of the molecule is Cc1ccc(C(=O)N=c2sc3c(Cl)cccc3n2CC(=O)O)cc1. The van der Waals surface area contributed by atoms with E-state index in [1.807, 2.05) is 19.1 Å². The number of aliphatic carboxylic acids is 1. The summed E-state index contributed by atoms with van der Waals surface area (Å²) in [6.07, 6.45) is 0. The smallest absolute Gasteiger partial charge is 0.323 e. The molecule has 0 saturated heterocycles. The van der Waals surface area contributed by atoms with Crippen molar-refractivity contribution >= 4 is 45.0 Å². The van der Waals surface area contributed by atoms with E-state index in [0.29, 0.717) is 25.6 Å². The quantitative estimate of drug-likeness (QED) is 0.777. The highest BCUT2D eigenvalue weighted by Crippen LogP contribution is 2.26. The molecular formula is C17H13ClN2O3S. The average molecular weight is 361 g/mol. The molecule has 1 aromatic heterocycles. The predicted molar refractivity (Wildman–Crippen MR) is 93.5 cm³/mol. The first-order chi connectivity index (χ1) is 11.5. The minimum atomic E-state index is -1.01. The topological polar surface area (TPSA) is 71.7 Å². The van der Waals surface area contributed by atoms with Crippen molar-refractivity contribution in [1.82, 2.24) is 4.57 Å². The first kappa shape index (κ1) is 16.4. The van der Waals surface area contributed by atoms with E-state index in [1.165, 1.54) is 15.9 Å². The van der Waals surface area contributed by atoms with E-state index in [4.69, 9.17) is 16.7 Å². The number of carboxylic acids is 1. The third kappa shape index (κ3) is 3.25. The van der Waals surface area contributed by atoms with Crippen molar-refractivity contribution in [3.05, 3.63) is 63.4 Å². The lowest BCUT2D eigenvalue weighted by Gasteiger charge is -2.01. The fraction of sp³-hybridized carbons (Fsp3) is 0.118. The van der Waals surface area contributed by atoms with Crippen LogP contribution in [0.5, 0.6) is 0 Å². The fourth-order valence-electron chi connectivity index (χ4n) is 2.28. The fourth-order valence-corrected chi connectivity index (χ4v) is 3.60. The van der Waals surface area contributed by atoms with E-state index in [1.54, 1.807) is 30.3 Å². The molecule has 0 bridgehead atoms. The number of aromatic nitrogens is 1. The largest absolute Gasteiger partial charge is 0.480 e. The van der Waals surface area contributed by atoms with Gasteiger partial charge < -0.3 is 9.67 Å². The number of carboxylic acid groups (broad SMARTS) is 1. The minimum Gasteiger partial charge on any atom is -0.480 e. The third-order valence-corrected chi connectivity index (χ3v) is 5.00. The lowest BCUT2D eigenvalue weighted by atomic mass is 10.1. The molecule has 3 rings (SSSR count). The second-order valence-corrected chi connectivity index (χ2v) is 6.62. The van der Waals surface area contributed by atoms with Gasteiger partial charge in [-0.2, -0.15) is 4.99 Å². The summed E-state index contributed by atoms with van der Waals surface area (Å²) in [5.41, 5.74) is 2.14. The maximum atomic E-state index is 12.4. The summed E-state index contributed by atoms with van der Waals surface area (Å²) in [6, 6.07) is 12.3. The van der Waals surface area contributed by atoms with Crippen LogP contribution in [0.1, 0.15) is 15.9 Å². The molecule has 2 aromatic carbocycles. The van der Waals surface area contributed by atoms with E-state index in [9.17, 15) is 9.59 Å². The van der Waals surface area contributed by atoms with Crippen molar-refractivity contribution in [1.29, 1.82) is 0 Å². The molecule has 1 amide bonds. The summed E-state index contributed by atoms with van der Waals surface area (Å²) in [4.78, 5) is 28.0. The molecule has 5 nitrogen and oxygen atoms in total. The van der Waals surface area contributed by atoms with E-state index < -0.39 is 11.9 Å². The lowest BCUT2D eigenvalue weighted by Crippen LogP contribution is -2.21. The normalized spacial score (nSPS) is 11.8. The molecule has 0 aliphatic carbocycles. The van der Waals surface area contributed by atoms with Crippen LogP contribution >= 0.6 is 22.9 Å². The first-order valence-electron chi connectivity index (χ1n) is 7.11. The van der Waals surface area contributed by atoms with Gasteiger partial charge in [0.1, 0.15) is 6.54 Å². The van der Waals surface area contributed by atoms with Gasteiger partial charge in [0.25, 0.3) is 5.91 Å². The second kappa shape index (κ2) is 6.59. The molecule has 0 saturated carbocycles. The number of amides is 1. The van der Waals surface area contributed by atoms with E-state index in [-0.39, 0.29) is 6.54 Å². The van der Waals surface area contributed by atoms with Crippen LogP contribution < -0.4 is 4.80 Å². The van der Waals surface area contributed by atoms with E-state index >= 15 is 0 Å². The highest BCUT2D eigenvalue weighted by molar-refractivity contribution is 7.17. The van der Waals surface area contributed by atoms with Gasteiger partial charge in [0.2, 0.25) is 0 Å². The Balaban J connectivity index is 2.16. The molecule has 0 atom stereocenters. The van der Waals surface area contributed by atoms with Crippen LogP contribution in [0.15, 0.2) is 47.5 Å². The molecule has 122 valence electrons. The van der Waals surface area contributed by atoms with Gasteiger partial charge in [-0.1, -0.05) is 46.7 Å². The molecule has 0 fully saturated rings. The summed E-state index contributed by atoms with van der Waals surface area (Å²) in [5, 5.41) is 9.65. The summed E-state index contributed by atoms with van der Waals surface area (Å²) in [7, 11) is 0. The molecule has 0 aliphatic rings. The van der Waals surface area contributed by atoms with Gasteiger partial charge in [-0.3, -0.25) is 9.59 Å². The van der Waals surface area contributed by atoms with Crippen molar-refractivity contribution in [2.45, 2.75) is 13.5 Å². The Bertz CT molecular complexity index is 1000. The van der Waals surface area contributed by atoms with Crippen molar-refractivity contribution < 1.29 is 14.7 Å². The van der Waals surface area contributed by atoms with Gasteiger partial charge in [-0.05, 0) is 31.2 Å². The number of halogens is 1. The minimum absolute atomic E-state index is 0.291. The maximum absolute atomic E-state index is 12.4. The zero-order valence-corrected chi connectivity index (χ0v) is 14.3. The summed E-state index contributed by atoms with van der Waals surface area (Å²) in [6.45, 7) is 1.64. The molecule has 0 aliphatic heterocycles. The van der Waals surface area contributed by atoms with Gasteiger partial charge >= 0.3 is 5.97 Å². The second-order valence-electron chi connectivity index (χ2n) is 5.24. The van der Waals surface area contributed by atoms with Crippen LogP contribution in [0, 0.1) is 6.92 Å². The number of nitrogens with zero attached hydrogens (tertiary/aromatic N) is 2. The number of hydrogen-bond acceptors (Lipinski definition) is 3. The van der Waals surface area contributed by atoms with Gasteiger partial charge in [-0.25, -0.2) is 0 Å². The third-order valence-electron chi connectivity index (χ3n) is 3.45. The first-order valence-corrected chi connectivity index (χ1v) is 8.30. The van der Waals surface area contributed by atoms with Crippen LogP contribution in [0.2, 0.25) is 5.02 Å². The van der Waals surface area contributed by atoms with Crippen molar-refractivity contribution in [3.8, 4) is 0 Å². The zero-order valence-electron chi connectivity index (χ0n) is 12.7. The van der Waals surface area contributed by atoms with Gasteiger partial charge in [0.05, 0.1) is 15.2 Å². The highest BCUT2D eigenvalue weighted by atomic mass is 35.5. The number of fused-ring (bicyclic) bond motifs is 1. The number of thiazole rings is 1. The molecule has 1 N–H and O–H groups in total. The lowest BCUT2D eigenvalue weighted by molar-refractivity contribution is -0.137. The molecule has 24 heavy (non-hydrogen) atoms. The summed E-state index contributed by atoms with van der Waals surface area (Å²) >= 11 is 7.37. The van der Waals surface area contributed by atoms with Crippen molar-refractivity contribution in [3.63, 3.8) is 0 Å². The van der Waals surface area contributed by atoms with E-state index in [2.05, 4.69) is 4.99 Å².